The Hall–Kier alpha value is -1.06. The molecule has 0 bridgehead atoms. The van der Waals surface area contributed by atoms with Crippen molar-refractivity contribution in [2.24, 2.45) is 5.73 Å². The molecule has 1 aromatic carbocycles. The fourth-order valence-corrected chi connectivity index (χ4v) is 1.26. The quantitative estimate of drug-likeness (QED) is 0.724. The van der Waals surface area contributed by atoms with Crippen LogP contribution in [0.3, 0.4) is 0 Å². The van der Waals surface area contributed by atoms with E-state index in [0.29, 0.717) is 6.54 Å². The molecule has 0 spiro atoms. The molecule has 0 aromatic heterocycles. The highest BCUT2D eigenvalue weighted by Crippen LogP contribution is 2.16. The first kappa shape index (κ1) is 10.0. The standard InChI is InChI=1S/C10H16N2O/c1-12-10(7-11)8-3-5-9(13-2)6-4-8/h3-6,10,12H,7,11H2,1-2H3/t10-/m1/s1. The van der Waals surface area contributed by atoms with Crippen molar-refractivity contribution in [3.8, 4) is 5.75 Å². The zero-order valence-corrected chi connectivity index (χ0v) is 8.08. The number of hydrogen-bond acceptors (Lipinski definition) is 3. The molecule has 0 saturated carbocycles. The second kappa shape index (κ2) is 4.84. The maximum atomic E-state index is 5.59. The van der Waals surface area contributed by atoms with Crippen LogP contribution in [0, 0.1) is 0 Å². The van der Waals surface area contributed by atoms with Crippen LogP contribution >= 0.6 is 0 Å². The van der Waals surface area contributed by atoms with E-state index in [4.69, 9.17) is 10.5 Å². The third-order valence-electron chi connectivity index (χ3n) is 2.10. The summed E-state index contributed by atoms with van der Waals surface area (Å²) in [7, 11) is 3.56. The van der Waals surface area contributed by atoms with Gasteiger partial charge >= 0.3 is 0 Å². The molecular formula is C10H16N2O. The Labute approximate surface area is 78.9 Å². The van der Waals surface area contributed by atoms with Crippen LogP contribution < -0.4 is 15.8 Å². The average Bonchev–Trinajstić information content (AvgIpc) is 2.21. The Kier molecular flexibility index (Phi) is 3.73. The average molecular weight is 180 g/mol. The molecular weight excluding hydrogens is 164 g/mol. The molecule has 0 aliphatic rings. The number of benzene rings is 1. The van der Waals surface area contributed by atoms with Crippen molar-refractivity contribution in [1.29, 1.82) is 0 Å². The summed E-state index contributed by atoms with van der Waals surface area (Å²) < 4.78 is 5.06. The molecule has 3 heteroatoms. The number of likely N-dealkylation sites (N-methyl/N-ethyl adjacent to an activating group) is 1. The van der Waals surface area contributed by atoms with Gasteiger partial charge in [0.1, 0.15) is 5.75 Å². The van der Waals surface area contributed by atoms with E-state index in [0.717, 1.165) is 5.75 Å². The summed E-state index contributed by atoms with van der Waals surface area (Å²) in [5.41, 5.74) is 6.78. The summed E-state index contributed by atoms with van der Waals surface area (Å²) in [4.78, 5) is 0. The maximum Gasteiger partial charge on any atom is 0.118 e. The van der Waals surface area contributed by atoms with E-state index >= 15 is 0 Å². The molecule has 1 atom stereocenters. The highest BCUT2D eigenvalue weighted by Gasteiger charge is 2.05. The molecule has 0 aliphatic carbocycles. The van der Waals surface area contributed by atoms with Gasteiger partial charge in [-0.25, -0.2) is 0 Å². The topological polar surface area (TPSA) is 47.3 Å². The van der Waals surface area contributed by atoms with Crippen LogP contribution in [0.4, 0.5) is 0 Å². The minimum Gasteiger partial charge on any atom is -0.497 e. The van der Waals surface area contributed by atoms with E-state index in [1.807, 2.05) is 31.3 Å². The fraction of sp³-hybridized carbons (Fsp3) is 0.400. The van der Waals surface area contributed by atoms with Crippen molar-refractivity contribution >= 4 is 0 Å². The third-order valence-corrected chi connectivity index (χ3v) is 2.10. The minimum absolute atomic E-state index is 0.228. The molecule has 13 heavy (non-hydrogen) atoms. The first-order valence-electron chi connectivity index (χ1n) is 4.33. The SMILES string of the molecule is CN[C@H](CN)c1ccc(OC)cc1. The molecule has 0 aliphatic heterocycles. The number of ether oxygens (including phenoxy) is 1. The fourth-order valence-electron chi connectivity index (χ4n) is 1.26. The van der Waals surface area contributed by atoms with Gasteiger partial charge in [0.05, 0.1) is 7.11 Å². The summed E-state index contributed by atoms with van der Waals surface area (Å²) in [6.07, 6.45) is 0. The second-order valence-electron chi connectivity index (χ2n) is 2.85. The summed E-state index contributed by atoms with van der Waals surface area (Å²) in [5, 5.41) is 3.14. The van der Waals surface area contributed by atoms with E-state index < -0.39 is 0 Å². The smallest absolute Gasteiger partial charge is 0.118 e. The molecule has 3 nitrogen and oxygen atoms in total. The molecule has 0 amide bonds. The number of methoxy groups -OCH3 is 1. The zero-order chi connectivity index (χ0) is 9.68. The largest absolute Gasteiger partial charge is 0.497 e. The van der Waals surface area contributed by atoms with Gasteiger partial charge in [0, 0.05) is 12.6 Å². The van der Waals surface area contributed by atoms with Gasteiger partial charge in [-0.05, 0) is 24.7 Å². The van der Waals surface area contributed by atoms with Crippen LogP contribution in [0.2, 0.25) is 0 Å². The molecule has 0 saturated heterocycles. The molecule has 0 heterocycles. The lowest BCUT2D eigenvalue weighted by atomic mass is 10.1. The van der Waals surface area contributed by atoms with Crippen molar-refractivity contribution in [2.45, 2.75) is 6.04 Å². The predicted octanol–water partition coefficient (Wildman–Crippen LogP) is 0.914. The first-order valence-corrected chi connectivity index (χ1v) is 4.33. The lowest BCUT2D eigenvalue weighted by Crippen LogP contribution is -2.24. The van der Waals surface area contributed by atoms with Crippen LogP contribution in [0.5, 0.6) is 5.75 Å². The third kappa shape index (κ3) is 2.44. The second-order valence-corrected chi connectivity index (χ2v) is 2.85. The monoisotopic (exact) mass is 180 g/mol. The predicted molar refractivity (Wildman–Crippen MR) is 53.8 cm³/mol. The van der Waals surface area contributed by atoms with Crippen LogP contribution in [-0.4, -0.2) is 20.7 Å². The Balaban J connectivity index is 2.78. The van der Waals surface area contributed by atoms with Crippen molar-refractivity contribution in [2.75, 3.05) is 20.7 Å². The number of nitrogens with one attached hydrogen (secondary N) is 1. The molecule has 1 aromatic rings. The van der Waals surface area contributed by atoms with Gasteiger partial charge < -0.3 is 15.8 Å². The van der Waals surface area contributed by atoms with Crippen molar-refractivity contribution in [1.82, 2.24) is 5.32 Å². The van der Waals surface area contributed by atoms with Crippen LogP contribution in [0.1, 0.15) is 11.6 Å². The van der Waals surface area contributed by atoms with Gasteiger partial charge in [-0.2, -0.15) is 0 Å². The Morgan fingerprint density at radius 2 is 2.00 bits per heavy atom. The number of rotatable bonds is 4. The van der Waals surface area contributed by atoms with Gasteiger partial charge in [-0.1, -0.05) is 12.1 Å². The summed E-state index contributed by atoms with van der Waals surface area (Å²) in [6.45, 7) is 0.600. The normalized spacial score (nSPS) is 12.5. The molecule has 72 valence electrons. The van der Waals surface area contributed by atoms with Crippen LogP contribution in [0.25, 0.3) is 0 Å². The van der Waals surface area contributed by atoms with Crippen molar-refractivity contribution in [3.63, 3.8) is 0 Å². The highest BCUT2D eigenvalue weighted by molar-refractivity contribution is 5.29. The van der Waals surface area contributed by atoms with Gasteiger partial charge in [0.15, 0.2) is 0 Å². The first-order chi connectivity index (χ1) is 6.31. The van der Waals surface area contributed by atoms with E-state index in [9.17, 15) is 0 Å². The molecule has 0 radical (unpaired) electrons. The molecule has 0 fully saturated rings. The van der Waals surface area contributed by atoms with Gasteiger partial charge in [-0.3, -0.25) is 0 Å². The highest BCUT2D eigenvalue weighted by atomic mass is 16.5. The number of nitrogens with two attached hydrogens (primary N) is 1. The van der Waals surface area contributed by atoms with Gasteiger partial charge in [0.2, 0.25) is 0 Å². The lowest BCUT2D eigenvalue weighted by Gasteiger charge is -2.14. The summed E-state index contributed by atoms with van der Waals surface area (Å²) in [6, 6.07) is 8.15. The minimum atomic E-state index is 0.228. The zero-order valence-electron chi connectivity index (χ0n) is 8.08. The van der Waals surface area contributed by atoms with Crippen molar-refractivity contribution < 1.29 is 4.74 Å². The summed E-state index contributed by atoms with van der Waals surface area (Å²) in [5.74, 6) is 0.871. The maximum absolute atomic E-state index is 5.59. The van der Waals surface area contributed by atoms with E-state index in [2.05, 4.69) is 5.32 Å². The lowest BCUT2D eigenvalue weighted by molar-refractivity contribution is 0.414. The van der Waals surface area contributed by atoms with E-state index in [-0.39, 0.29) is 6.04 Å². The van der Waals surface area contributed by atoms with Crippen molar-refractivity contribution in [3.05, 3.63) is 29.8 Å². The van der Waals surface area contributed by atoms with Crippen LogP contribution in [-0.2, 0) is 0 Å². The Bertz CT molecular complexity index is 242. The Morgan fingerprint density at radius 3 is 2.38 bits per heavy atom. The molecule has 3 N–H and O–H groups in total. The molecule has 1 rings (SSSR count). The number of hydrogen-bond donors (Lipinski definition) is 2. The molecule has 0 unspecified atom stereocenters. The van der Waals surface area contributed by atoms with Crippen LogP contribution in [0.15, 0.2) is 24.3 Å². The van der Waals surface area contributed by atoms with E-state index in [1.54, 1.807) is 7.11 Å². The summed E-state index contributed by atoms with van der Waals surface area (Å²) >= 11 is 0. The van der Waals surface area contributed by atoms with Gasteiger partial charge in [-0.15, -0.1) is 0 Å². The van der Waals surface area contributed by atoms with E-state index in [1.165, 1.54) is 5.56 Å². The Morgan fingerprint density at radius 1 is 1.38 bits per heavy atom. The van der Waals surface area contributed by atoms with Gasteiger partial charge in [0.25, 0.3) is 0 Å².